The van der Waals surface area contributed by atoms with E-state index in [1.54, 1.807) is 43.4 Å². The number of carbonyl (C=O) groups excluding carboxylic acids is 2. The van der Waals surface area contributed by atoms with Gasteiger partial charge in [0.1, 0.15) is 17.9 Å². The lowest BCUT2D eigenvalue weighted by Gasteiger charge is -2.18. The lowest BCUT2D eigenvalue weighted by molar-refractivity contribution is -0.139. The number of aliphatic imine (C=N–C) groups is 1. The van der Waals surface area contributed by atoms with Gasteiger partial charge in [0.15, 0.2) is 0 Å². The summed E-state index contributed by atoms with van der Waals surface area (Å²) in [5.74, 6) is -1.89. The number of dihydropyridines is 1. The van der Waals surface area contributed by atoms with Crippen LogP contribution in [0.5, 0.6) is 5.75 Å². The molecule has 0 fully saturated rings. The van der Waals surface area contributed by atoms with Gasteiger partial charge in [-0.2, -0.15) is 0 Å². The maximum absolute atomic E-state index is 12.4. The number of nitrogens with one attached hydrogen (secondary N) is 3. The number of benzene rings is 1. The fraction of sp³-hybridized carbons (Fsp3) is 0.292. The van der Waals surface area contributed by atoms with E-state index in [9.17, 15) is 14.4 Å². The highest BCUT2D eigenvalue weighted by atomic mass is 79.9. The maximum Gasteiger partial charge on any atom is 0.312 e. The molecule has 1 aromatic carbocycles. The van der Waals surface area contributed by atoms with E-state index in [-0.39, 0.29) is 30.8 Å². The summed E-state index contributed by atoms with van der Waals surface area (Å²) in [6.45, 7) is 1.96. The van der Waals surface area contributed by atoms with Crippen LogP contribution in [-0.2, 0) is 14.4 Å². The number of carbonyl (C=O) groups is 3. The zero-order chi connectivity index (χ0) is 25.5. The Hall–Kier alpha value is -3.73. The van der Waals surface area contributed by atoms with Crippen LogP contribution >= 0.6 is 15.9 Å². The van der Waals surface area contributed by atoms with E-state index in [0.717, 1.165) is 5.56 Å². The van der Waals surface area contributed by atoms with Gasteiger partial charge in [-0.1, -0.05) is 18.2 Å². The van der Waals surface area contributed by atoms with Crippen molar-refractivity contribution in [1.82, 2.24) is 10.6 Å². The molecule has 1 aliphatic heterocycles. The van der Waals surface area contributed by atoms with Crippen LogP contribution in [0.4, 0.5) is 0 Å². The van der Waals surface area contributed by atoms with Crippen molar-refractivity contribution in [1.29, 1.82) is 5.41 Å². The molecule has 0 aromatic heterocycles. The summed E-state index contributed by atoms with van der Waals surface area (Å²) < 4.78 is 6.37. The first-order chi connectivity index (χ1) is 16.6. The standard InChI is InChI=1S/C24H26BrN5O5/c1-13(29-21(31)10-22(32)30-17-5-2-14(3-6-17)23(26)27)15-4-7-20(19(25)9-15)35-18-8-16(24(33)34)11-28-12-18/h2,4-9,12-14,16H,3,10-11H2,1H3,(H3,26,27)(H,29,31)(H,30,32)(H,33,34)/t13-,14?,16?/m0/s1. The lowest BCUT2D eigenvalue weighted by atomic mass is 9.98. The van der Waals surface area contributed by atoms with Crippen molar-refractivity contribution in [2.45, 2.75) is 25.8 Å². The molecule has 0 bridgehead atoms. The predicted octanol–water partition coefficient (Wildman–Crippen LogP) is 2.58. The highest BCUT2D eigenvalue weighted by Crippen LogP contribution is 2.30. The average molecular weight is 544 g/mol. The molecule has 0 spiro atoms. The van der Waals surface area contributed by atoms with E-state index in [0.29, 0.717) is 28.1 Å². The fourth-order valence-corrected chi connectivity index (χ4v) is 3.90. The molecule has 1 aromatic rings. The van der Waals surface area contributed by atoms with Crippen LogP contribution in [0, 0.1) is 17.2 Å². The molecule has 184 valence electrons. The molecule has 6 N–H and O–H groups in total. The average Bonchev–Trinajstić information content (AvgIpc) is 2.80. The van der Waals surface area contributed by atoms with Gasteiger partial charge in [-0.25, -0.2) is 0 Å². The van der Waals surface area contributed by atoms with Gasteiger partial charge in [0, 0.05) is 11.6 Å². The number of carboxylic acids is 1. The van der Waals surface area contributed by atoms with E-state index in [2.05, 4.69) is 31.6 Å². The van der Waals surface area contributed by atoms with Crippen molar-refractivity contribution < 1.29 is 24.2 Å². The van der Waals surface area contributed by atoms with Gasteiger partial charge in [0.2, 0.25) is 11.8 Å². The Bertz CT molecular complexity index is 1160. The number of hydrogen-bond acceptors (Lipinski definition) is 6. The van der Waals surface area contributed by atoms with Crippen LogP contribution in [0.2, 0.25) is 0 Å². The Balaban J connectivity index is 1.52. The van der Waals surface area contributed by atoms with E-state index in [1.165, 1.54) is 12.3 Å². The van der Waals surface area contributed by atoms with Crippen LogP contribution in [0.15, 0.2) is 63.4 Å². The molecule has 0 radical (unpaired) electrons. The molecule has 3 atom stereocenters. The van der Waals surface area contributed by atoms with Crippen molar-refractivity contribution in [3.63, 3.8) is 0 Å². The molecule has 35 heavy (non-hydrogen) atoms. The van der Waals surface area contributed by atoms with Crippen LogP contribution in [0.3, 0.4) is 0 Å². The Morgan fingerprint density at radius 2 is 2.09 bits per heavy atom. The van der Waals surface area contributed by atoms with Gasteiger partial charge in [0.05, 0.1) is 35.0 Å². The second kappa shape index (κ2) is 11.6. The smallest absolute Gasteiger partial charge is 0.312 e. The van der Waals surface area contributed by atoms with Gasteiger partial charge in [-0.15, -0.1) is 0 Å². The maximum atomic E-state index is 12.4. The molecular weight excluding hydrogens is 518 g/mol. The summed E-state index contributed by atoms with van der Waals surface area (Å²) in [5, 5.41) is 22.1. The summed E-state index contributed by atoms with van der Waals surface area (Å²) >= 11 is 3.44. The summed E-state index contributed by atoms with van der Waals surface area (Å²) in [6, 6.07) is 4.86. The third-order valence-electron chi connectivity index (χ3n) is 5.37. The molecule has 2 unspecified atom stereocenters. The number of aliphatic carboxylic acids is 1. The Morgan fingerprint density at radius 3 is 2.71 bits per heavy atom. The van der Waals surface area contributed by atoms with Gasteiger partial charge in [0.25, 0.3) is 0 Å². The quantitative estimate of drug-likeness (QED) is 0.182. The van der Waals surface area contributed by atoms with E-state index >= 15 is 0 Å². The zero-order valence-electron chi connectivity index (χ0n) is 19.0. The number of rotatable bonds is 9. The lowest BCUT2D eigenvalue weighted by Crippen LogP contribution is -2.33. The van der Waals surface area contributed by atoms with Gasteiger partial charge in [-0.05, 0) is 59.1 Å². The van der Waals surface area contributed by atoms with Crippen molar-refractivity contribution in [3.8, 4) is 5.75 Å². The van der Waals surface area contributed by atoms with Crippen LogP contribution in [0.1, 0.15) is 31.4 Å². The van der Waals surface area contributed by atoms with Gasteiger partial charge in [-0.3, -0.25) is 24.8 Å². The molecule has 1 heterocycles. The minimum absolute atomic E-state index is 0.0641. The molecule has 0 saturated heterocycles. The third kappa shape index (κ3) is 7.38. The number of amidine groups is 1. The molecule has 11 heteroatoms. The number of ether oxygens (including phenoxy) is 1. The Labute approximate surface area is 210 Å². The summed E-state index contributed by atoms with van der Waals surface area (Å²) in [5.41, 5.74) is 6.82. The SMILES string of the molecule is C[C@H](NC(=O)CC(=O)NC1=CCC(C(=N)N)C=C1)c1ccc(OC2=CC(C(=O)O)CN=C2)c(Br)c1. The fourth-order valence-electron chi connectivity index (χ4n) is 3.43. The molecule has 2 amide bonds. The monoisotopic (exact) mass is 543 g/mol. The highest BCUT2D eigenvalue weighted by molar-refractivity contribution is 9.10. The molecule has 1 aliphatic carbocycles. The summed E-state index contributed by atoms with van der Waals surface area (Å²) in [6.07, 6.45) is 8.34. The number of nitrogens with two attached hydrogens (primary N) is 1. The van der Waals surface area contributed by atoms with Crippen LogP contribution in [-0.4, -0.2) is 41.5 Å². The van der Waals surface area contributed by atoms with E-state index < -0.39 is 23.7 Å². The molecular formula is C24H26BrN5O5. The highest BCUT2D eigenvalue weighted by Gasteiger charge is 2.20. The molecule has 2 aliphatic rings. The van der Waals surface area contributed by atoms with E-state index in [1.807, 2.05) is 0 Å². The Kier molecular flexibility index (Phi) is 8.58. The zero-order valence-corrected chi connectivity index (χ0v) is 20.5. The minimum atomic E-state index is -0.968. The number of carboxylic acid groups (broad SMARTS) is 1. The number of halogens is 1. The first-order valence-electron chi connectivity index (χ1n) is 10.9. The number of amides is 2. The molecule has 3 rings (SSSR count). The first-order valence-corrected chi connectivity index (χ1v) is 11.6. The van der Waals surface area contributed by atoms with Crippen LogP contribution < -0.4 is 21.1 Å². The second-order valence-electron chi connectivity index (χ2n) is 8.13. The van der Waals surface area contributed by atoms with E-state index in [4.69, 9.17) is 21.0 Å². The molecule has 0 saturated carbocycles. The first kappa shape index (κ1) is 25.9. The van der Waals surface area contributed by atoms with Crippen molar-refractivity contribution in [2.24, 2.45) is 22.6 Å². The van der Waals surface area contributed by atoms with Gasteiger partial charge < -0.3 is 26.2 Å². The Morgan fingerprint density at radius 1 is 1.31 bits per heavy atom. The van der Waals surface area contributed by atoms with Crippen molar-refractivity contribution in [3.05, 3.63) is 64.0 Å². The number of nitrogens with zero attached hydrogens (tertiary/aromatic N) is 1. The summed E-state index contributed by atoms with van der Waals surface area (Å²) in [4.78, 5) is 39.8. The minimum Gasteiger partial charge on any atom is -0.481 e. The van der Waals surface area contributed by atoms with Crippen LogP contribution in [0.25, 0.3) is 0 Å². The number of allylic oxidation sites excluding steroid dienone is 3. The topological polar surface area (TPSA) is 167 Å². The second-order valence-corrected chi connectivity index (χ2v) is 8.98. The summed E-state index contributed by atoms with van der Waals surface area (Å²) in [7, 11) is 0. The number of hydrogen-bond donors (Lipinski definition) is 5. The normalized spacial score (nSPS) is 19.7. The predicted molar refractivity (Wildman–Crippen MR) is 134 cm³/mol. The molecule has 10 nitrogen and oxygen atoms in total. The third-order valence-corrected chi connectivity index (χ3v) is 5.99. The van der Waals surface area contributed by atoms with Crippen molar-refractivity contribution in [2.75, 3.05) is 6.54 Å². The van der Waals surface area contributed by atoms with Gasteiger partial charge >= 0.3 is 5.97 Å². The largest absolute Gasteiger partial charge is 0.481 e. The van der Waals surface area contributed by atoms with Crippen molar-refractivity contribution >= 4 is 45.8 Å².